The fourth-order valence-corrected chi connectivity index (χ4v) is 1.60. The highest BCUT2D eigenvalue weighted by Gasteiger charge is 2.42. The van der Waals surface area contributed by atoms with Crippen LogP contribution < -0.4 is 5.32 Å². The number of rotatable bonds is 4. The predicted molar refractivity (Wildman–Crippen MR) is 67.0 cm³/mol. The number of benzene rings is 1. The van der Waals surface area contributed by atoms with Gasteiger partial charge in [0.25, 0.3) is 5.91 Å². The molecule has 0 radical (unpaired) electrons. The zero-order valence-electron chi connectivity index (χ0n) is 9.83. The van der Waals surface area contributed by atoms with E-state index < -0.39 is 11.3 Å². The summed E-state index contributed by atoms with van der Waals surface area (Å²) in [5.41, 5.74) is -1.28. The minimum absolute atomic E-state index is 0.137. The average molecular weight is 254 g/mol. The Morgan fingerprint density at radius 1 is 1.37 bits per heavy atom. The van der Waals surface area contributed by atoms with Crippen molar-refractivity contribution in [2.24, 2.45) is 0 Å². The number of aldehydes is 1. The SMILES string of the molecule is N#CC(C=O)(C(=O)Nc1ccccc1)c1ccn[nH]1. The molecule has 94 valence electrons. The van der Waals surface area contributed by atoms with Crippen LogP contribution in [0.1, 0.15) is 5.69 Å². The Morgan fingerprint density at radius 3 is 2.63 bits per heavy atom. The van der Waals surface area contributed by atoms with Gasteiger partial charge in [-0.15, -0.1) is 0 Å². The Morgan fingerprint density at radius 2 is 2.11 bits per heavy atom. The number of carbonyl (C=O) groups excluding carboxylic acids is 2. The standard InChI is InChI=1S/C13H10N4O2/c14-8-13(9-18,11-6-7-15-17-11)12(19)16-10-4-2-1-3-5-10/h1-7,9H,(H,15,17)(H,16,19). The Labute approximate surface area is 109 Å². The monoisotopic (exact) mass is 254 g/mol. The van der Waals surface area contributed by atoms with Crippen LogP contribution in [0.2, 0.25) is 0 Å². The Bertz CT molecular complexity index is 616. The third-order valence-corrected chi connectivity index (χ3v) is 2.67. The number of para-hydroxylation sites is 1. The van der Waals surface area contributed by atoms with Gasteiger partial charge in [0.2, 0.25) is 5.41 Å². The van der Waals surface area contributed by atoms with Crippen molar-refractivity contribution >= 4 is 17.9 Å². The van der Waals surface area contributed by atoms with Crippen LogP contribution in [0.15, 0.2) is 42.6 Å². The maximum Gasteiger partial charge on any atom is 0.258 e. The van der Waals surface area contributed by atoms with Crippen LogP contribution >= 0.6 is 0 Å². The number of nitrogens with one attached hydrogen (secondary N) is 2. The van der Waals surface area contributed by atoms with Gasteiger partial charge in [0.05, 0.1) is 11.8 Å². The highest BCUT2D eigenvalue weighted by Crippen LogP contribution is 2.21. The van der Waals surface area contributed by atoms with Crippen molar-refractivity contribution in [2.45, 2.75) is 5.41 Å². The third kappa shape index (κ3) is 2.21. The van der Waals surface area contributed by atoms with Crippen molar-refractivity contribution in [3.63, 3.8) is 0 Å². The lowest BCUT2D eigenvalue weighted by Crippen LogP contribution is -2.41. The maximum absolute atomic E-state index is 12.2. The molecule has 1 amide bonds. The molecule has 0 aliphatic carbocycles. The number of hydrogen-bond donors (Lipinski definition) is 2. The Balaban J connectivity index is 2.34. The summed E-state index contributed by atoms with van der Waals surface area (Å²) in [6.45, 7) is 0. The van der Waals surface area contributed by atoms with E-state index >= 15 is 0 Å². The number of hydrogen-bond acceptors (Lipinski definition) is 4. The van der Waals surface area contributed by atoms with Crippen molar-refractivity contribution in [1.82, 2.24) is 10.2 Å². The molecule has 0 aliphatic heterocycles. The fraction of sp³-hybridized carbons (Fsp3) is 0.0769. The van der Waals surface area contributed by atoms with Crippen LogP contribution in [0.5, 0.6) is 0 Å². The molecule has 2 N–H and O–H groups in total. The van der Waals surface area contributed by atoms with Crippen LogP contribution in [-0.2, 0) is 15.0 Å². The molecule has 0 saturated carbocycles. The molecule has 1 aromatic carbocycles. The van der Waals surface area contributed by atoms with Crippen LogP contribution in [-0.4, -0.2) is 22.4 Å². The second kappa shape index (κ2) is 5.14. The summed E-state index contributed by atoms with van der Waals surface area (Å²) in [5.74, 6) is -0.722. The van der Waals surface area contributed by atoms with Gasteiger partial charge < -0.3 is 10.1 Å². The van der Waals surface area contributed by atoms with E-state index in [1.807, 2.05) is 0 Å². The van der Waals surface area contributed by atoms with E-state index in [2.05, 4.69) is 15.5 Å². The summed E-state index contributed by atoms with van der Waals surface area (Å²) in [7, 11) is 0. The van der Waals surface area contributed by atoms with Gasteiger partial charge in [0.15, 0.2) is 6.29 Å². The summed E-state index contributed by atoms with van der Waals surface area (Å²) in [4.78, 5) is 23.4. The van der Waals surface area contributed by atoms with Crippen molar-refractivity contribution in [3.8, 4) is 6.07 Å². The molecule has 1 atom stereocenters. The molecule has 0 saturated heterocycles. The quantitative estimate of drug-likeness (QED) is 0.628. The number of carbonyl (C=O) groups is 2. The molecule has 0 bridgehead atoms. The highest BCUT2D eigenvalue weighted by atomic mass is 16.2. The van der Waals surface area contributed by atoms with Gasteiger partial charge in [0, 0.05) is 11.9 Å². The molecule has 1 aromatic heterocycles. The van der Waals surface area contributed by atoms with Gasteiger partial charge in [-0.1, -0.05) is 18.2 Å². The lowest BCUT2D eigenvalue weighted by Gasteiger charge is -2.17. The average Bonchev–Trinajstić information content (AvgIpc) is 2.96. The van der Waals surface area contributed by atoms with E-state index in [9.17, 15) is 14.9 Å². The van der Waals surface area contributed by atoms with Crippen LogP contribution in [0.3, 0.4) is 0 Å². The summed E-state index contributed by atoms with van der Waals surface area (Å²) in [6.07, 6.45) is 1.68. The first kappa shape index (κ1) is 12.5. The third-order valence-electron chi connectivity index (χ3n) is 2.67. The first-order valence-electron chi connectivity index (χ1n) is 5.47. The van der Waals surface area contributed by atoms with Gasteiger partial charge in [-0.05, 0) is 18.2 Å². The summed E-state index contributed by atoms with van der Waals surface area (Å²) in [6, 6.07) is 11.8. The van der Waals surface area contributed by atoms with Crippen LogP contribution in [0.4, 0.5) is 5.69 Å². The number of nitrogens with zero attached hydrogens (tertiary/aromatic N) is 2. The molecule has 2 aromatic rings. The second-order valence-electron chi connectivity index (χ2n) is 3.83. The second-order valence-corrected chi connectivity index (χ2v) is 3.83. The molecule has 0 aliphatic rings. The summed E-state index contributed by atoms with van der Waals surface area (Å²) >= 11 is 0. The number of aromatic nitrogens is 2. The van der Waals surface area contributed by atoms with Crippen LogP contribution in [0, 0.1) is 11.3 Å². The van der Waals surface area contributed by atoms with Gasteiger partial charge in [-0.3, -0.25) is 9.89 Å². The lowest BCUT2D eigenvalue weighted by atomic mass is 9.86. The molecule has 1 heterocycles. The summed E-state index contributed by atoms with van der Waals surface area (Å²) in [5, 5.41) is 17.9. The van der Waals surface area contributed by atoms with Crippen LogP contribution in [0.25, 0.3) is 0 Å². The molecule has 0 fully saturated rings. The fourth-order valence-electron chi connectivity index (χ4n) is 1.60. The first-order valence-corrected chi connectivity index (χ1v) is 5.47. The largest absolute Gasteiger partial charge is 0.324 e. The highest BCUT2D eigenvalue weighted by molar-refractivity contribution is 6.12. The van der Waals surface area contributed by atoms with Crippen molar-refractivity contribution in [2.75, 3.05) is 5.32 Å². The van der Waals surface area contributed by atoms with E-state index in [4.69, 9.17) is 0 Å². The van der Waals surface area contributed by atoms with Crippen molar-refractivity contribution in [3.05, 3.63) is 48.3 Å². The topological polar surface area (TPSA) is 98.6 Å². The Kier molecular flexibility index (Phi) is 3.39. The minimum atomic E-state index is -1.92. The lowest BCUT2D eigenvalue weighted by molar-refractivity contribution is -0.125. The molecule has 6 nitrogen and oxygen atoms in total. The Hall–Kier alpha value is -2.94. The molecule has 0 spiro atoms. The van der Waals surface area contributed by atoms with Crippen molar-refractivity contribution in [1.29, 1.82) is 5.26 Å². The number of amides is 1. The molecule has 1 unspecified atom stereocenters. The molecule has 6 heteroatoms. The first-order chi connectivity index (χ1) is 9.23. The van der Waals surface area contributed by atoms with Gasteiger partial charge in [0.1, 0.15) is 0 Å². The normalized spacial score (nSPS) is 13.0. The number of H-pyrrole nitrogens is 1. The molecular weight excluding hydrogens is 244 g/mol. The minimum Gasteiger partial charge on any atom is -0.324 e. The van der Waals surface area contributed by atoms with Gasteiger partial charge >= 0.3 is 0 Å². The zero-order chi connectivity index (χ0) is 13.7. The zero-order valence-corrected chi connectivity index (χ0v) is 9.83. The van der Waals surface area contributed by atoms with E-state index in [0.717, 1.165) is 0 Å². The molecular formula is C13H10N4O2. The number of aromatic amines is 1. The number of anilines is 1. The maximum atomic E-state index is 12.2. The smallest absolute Gasteiger partial charge is 0.258 e. The van der Waals surface area contributed by atoms with Crippen molar-refractivity contribution < 1.29 is 9.59 Å². The predicted octanol–water partition coefficient (Wildman–Crippen LogP) is 1.01. The van der Waals surface area contributed by atoms with Gasteiger partial charge in [-0.2, -0.15) is 10.4 Å². The van der Waals surface area contributed by atoms with E-state index in [1.54, 1.807) is 36.4 Å². The van der Waals surface area contributed by atoms with E-state index in [-0.39, 0.29) is 5.69 Å². The van der Waals surface area contributed by atoms with Gasteiger partial charge in [-0.25, -0.2) is 0 Å². The van der Waals surface area contributed by atoms with E-state index in [1.165, 1.54) is 12.3 Å². The molecule has 19 heavy (non-hydrogen) atoms. The number of nitriles is 1. The van der Waals surface area contributed by atoms with E-state index in [0.29, 0.717) is 12.0 Å². The molecule has 2 rings (SSSR count). The summed E-state index contributed by atoms with van der Waals surface area (Å²) < 4.78 is 0.